The Morgan fingerprint density at radius 1 is 1.33 bits per heavy atom. The largest absolute Gasteiger partial charge is 0.331 e. The summed E-state index contributed by atoms with van der Waals surface area (Å²) in [5.41, 5.74) is 0.686. The SMILES string of the molecule is CN=C1SCN(c2ccc(F)cc2)C(=O)N1C.Cl. The highest BCUT2D eigenvalue weighted by Gasteiger charge is 2.28. The average Bonchev–Trinajstić information content (AvgIpc) is 2.34. The highest BCUT2D eigenvalue weighted by Crippen LogP contribution is 2.25. The van der Waals surface area contributed by atoms with Crippen LogP contribution in [-0.2, 0) is 0 Å². The first-order valence-corrected chi connectivity index (χ1v) is 6.02. The molecule has 2 rings (SSSR count). The van der Waals surface area contributed by atoms with Crippen molar-refractivity contribution in [2.75, 3.05) is 24.9 Å². The Bertz CT molecular complexity index is 466. The number of urea groups is 1. The zero-order valence-corrected chi connectivity index (χ0v) is 11.6. The van der Waals surface area contributed by atoms with Crippen molar-refractivity contribution < 1.29 is 9.18 Å². The van der Waals surface area contributed by atoms with Crippen molar-refractivity contribution in [2.24, 2.45) is 4.99 Å². The van der Waals surface area contributed by atoms with Crippen LogP contribution in [0.4, 0.5) is 14.9 Å². The Kier molecular flexibility index (Phi) is 4.98. The van der Waals surface area contributed by atoms with Crippen LogP contribution in [-0.4, -0.2) is 36.1 Å². The molecule has 0 saturated carbocycles. The molecule has 0 aliphatic carbocycles. The van der Waals surface area contributed by atoms with Gasteiger partial charge in [0.15, 0.2) is 5.17 Å². The zero-order chi connectivity index (χ0) is 12.4. The maximum atomic E-state index is 12.8. The van der Waals surface area contributed by atoms with Gasteiger partial charge in [0.05, 0.1) is 5.88 Å². The molecule has 98 valence electrons. The van der Waals surface area contributed by atoms with E-state index in [0.29, 0.717) is 16.7 Å². The van der Waals surface area contributed by atoms with Gasteiger partial charge in [0.25, 0.3) is 0 Å². The minimum atomic E-state index is -0.310. The van der Waals surface area contributed by atoms with Gasteiger partial charge in [-0.25, -0.2) is 9.18 Å². The molecule has 0 radical (unpaired) electrons. The molecule has 1 fully saturated rings. The summed E-state index contributed by atoms with van der Waals surface area (Å²) in [4.78, 5) is 19.1. The molecule has 1 aromatic carbocycles. The summed E-state index contributed by atoms with van der Waals surface area (Å²) >= 11 is 1.47. The summed E-state index contributed by atoms with van der Waals surface area (Å²) in [7, 11) is 3.33. The molecule has 0 bridgehead atoms. The van der Waals surface area contributed by atoms with E-state index in [1.54, 1.807) is 31.1 Å². The Balaban J connectivity index is 0.00000162. The van der Waals surface area contributed by atoms with E-state index in [9.17, 15) is 9.18 Å². The lowest BCUT2D eigenvalue weighted by atomic mass is 10.3. The summed E-state index contributed by atoms with van der Waals surface area (Å²) < 4.78 is 12.8. The van der Waals surface area contributed by atoms with Crippen LogP contribution in [0, 0.1) is 5.82 Å². The molecule has 0 spiro atoms. The molecular weight excluding hydrogens is 277 g/mol. The fourth-order valence-corrected chi connectivity index (χ4v) is 2.46. The number of halogens is 2. The van der Waals surface area contributed by atoms with Crippen LogP contribution in [0.2, 0.25) is 0 Å². The highest BCUT2D eigenvalue weighted by molar-refractivity contribution is 8.14. The van der Waals surface area contributed by atoms with Crippen molar-refractivity contribution in [3.8, 4) is 0 Å². The summed E-state index contributed by atoms with van der Waals surface area (Å²) in [6, 6.07) is 5.72. The second-order valence-electron chi connectivity index (χ2n) is 3.53. The first-order chi connectivity index (χ1) is 8.13. The van der Waals surface area contributed by atoms with Gasteiger partial charge in [0.1, 0.15) is 5.82 Å². The monoisotopic (exact) mass is 289 g/mol. The van der Waals surface area contributed by atoms with Gasteiger partial charge in [-0.3, -0.25) is 14.8 Å². The molecule has 0 atom stereocenters. The third-order valence-electron chi connectivity index (χ3n) is 2.46. The number of benzene rings is 1. The van der Waals surface area contributed by atoms with E-state index in [1.807, 2.05) is 0 Å². The lowest BCUT2D eigenvalue weighted by Crippen LogP contribution is -2.48. The molecule has 0 unspecified atom stereocenters. The number of carbonyl (C=O) groups is 1. The average molecular weight is 290 g/mol. The third-order valence-corrected chi connectivity index (χ3v) is 3.56. The first kappa shape index (κ1) is 14.8. The van der Waals surface area contributed by atoms with Gasteiger partial charge < -0.3 is 0 Å². The van der Waals surface area contributed by atoms with Gasteiger partial charge in [-0.2, -0.15) is 0 Å². The van der Waals surface area contributed by atoms with E-state index < -0.39 is 0 Å². The van der Waals surface area contributed by atoms with Crippen LogP contribution < -0.4 is 4.90 Å². The number of amidine groups is 1. The van der Waals surface area contributed by atoms with E-state index in [1.165, 1.54) is 28.8 Å². The third kappa shape index (κ3) is 2.76. The van der Waals surface area contributed by atoms with Crippen LogP contribution in [0.25, 0.3) is 0 Å². The number of hydrogen-bond donors (Lipinski definition) is 0. The quantitative estimate of drug-likeness (QED) is 0.797. The van der Waals surface area contributed by atoms with E-state index in [0.717, 1.165) is 0 Å². The molecule has 1 aliphatic heterocycles. The van der Waals surface area contributed by atoms with Crippen LogP contribution in [0.1, 0.15) is 0 Å². The summed E-state index contributed by atoms with van der Waals surface area (Å²) in [5.74, 6) is 0.177. The van der Waals surface area contributed by atoms with Crippen LogP contribution in [0.3, 0.4) is 0 Å². The topological polar surface area (TPSA) is 35.9 Å². The van der Waals surface area contributed by atoms with Gasteiger partial charge in [-0.05, 0) is 24.3 Å². The molecule has 1 saturated heterocycles. The predicted octanol–water partition coefficient (Wildman–Crippen LogP) is 2.80. The van der Waals surface area contributed by atoms with E-state index in [-0.39, 0.29) is 24.3 Å². The second kappa shape index (κ2) is 6.06. The van der Waals surface area contributed by atoms with Crippen molar-refractivity contribution in [1.82, 2.24) is 4.90 Å². The van der Waals surface area contributed by atoms with E-state index >= 15 is 0 Å². The highest BCUT2D eigenvalue weighted by atomic mass is 35.5. The van der Waals surface area contributed by atoms with Crippen LogP contribution in [0.15, 0.2) is 29.3 Å². The van der Waals surface area contributed by atoms with Crippen molar-refractivity contribution >= 4 is 41.1 Å². The molecule has 0 aromatic heterocycles. The minimum Gasteiger partial charge on any atom is -0.284 e. The molecule has 4 nitrogen and oxygen atoms in total. The lowest BCUT2D eigenvalue weighted by molar-refractivity contribution is 0.233. The van der Waals surface area contributed by atoms with Gasteiger partial charge in [-0.1, -0.05) is 11.8 Å². The summed E-state index contributed by atoms with van der Waals surface area (Å²) in [6.07, 6.45) is 0. The molecule has 0 N–H and O–H groups in total. The van der Waals surface area contributed by atoms with E-state index in [4.69, 9.17) is 0 Å². The van der Waals surface area contributed by atoms with Crippen molar-refractivity contribution in [3.05, 3.63) is 30.1 Å². The molecule has 1 aliphatic rings. The van der Waals surface area contributed by atoms with Crippen LogP contribution >= 0.6 is 24.2 Å². The fourth-order valence-electron chi connectivity index (χ4n) is 1.56. The first-order valence-electron chi connectivity index (χ1n) is 5.04. The number of aliphatic imine (C=N–C) groups is 1. The Morgan fingerprint density at radius 2 is 1.94 bits per heavy atom. The molecule has 2 amide bonds. The smallest absolute Gasteiger partial charge is 0.284 e. The Morgan fingerprint density at radius 3 is 2.50 bits per heavy atom. The number of thioether (sulfide) groups is 1. The van der Waals surface area contributed by atoms with Gasteiger partial charge in [0, 0.05) is 19.8 Å². The van der Waals surface area contributed by atoms with Crippen molar-refractivity contribution in [2.45, 2.75) is 0 Å². The predicted molar refractivity (Wildman–Crippen MR) is 75.1 cm³/mol. The number of hydrogen-bond acceptors (Lipinski definition) is 3. The standard InChI is InChI=1S/C11H12FN3OS.ClH/c1-13-10-14(2)11(16)15(7-17-10)9-5-3-8(12)4-6-9;/h3-6H,7H2,1-2H3;1H. The number of carbonyl (C=O) groups excluding carboxylic acids is 1. The Hall–Kier alpha value is -1.27. The van der Waals surface area contributed by atoms with Gasteiger partial charge >= 0.3 is 6.03 Å². The van der Waals surface area contributed by atoms with Crippen molar-refractivity contribution in [3.63, 3.8) is 0 Å². The number of nitrogens with zero attached hydrogens (tertiary/aromatic N) is 3. The van der Waals surface area contributed by atoms with Crippen LogP contribution in [0.5, 0.6) is 0 Å². The lowest BCUT2D eigenvalue weighted by Gasteiger charge is -2.33. The van der Waals surface area contributed by atoms with E-state index in [2.05, 4.69) is 4.99 Å². The minimum absolute atomic E-state index is 0. The summed E-state index contributed by atoms with van der Waals surface area (Å²) in [5, 5.41) is 0.688. The normalized spacial score (nSPS) is 17.9. The number of anilines is 1. The molecule has 7 heteroatoms. The van der Waals surface area contributed by atoms with Gasteiger partial charge in [0.2, 0.25) is 0 Å². The molecular formula is C11H13ClFN3OS. The molecule has 1 aromatic rings. The Labute approximate surface area is 115 Å². The van der Waals surface area contributed by atoms with Gasteiger partial charge in [-0.15, -0.1) is 12.4 Å². The number of amides is 2. The second-order valence-corrected chi connectivity index (χ2v) is 4.44. The molecule has 1 heterocycles. The summed E-state index contributed by atoms with van der Waals surface area (Å²) in [6.45, 7) is 0. The fraction of sp³-hybridized carbons (Fsp3) is 0.273. The molecule has 18 heavy (non-hydrogen) atoms. The van der Waals surface area contributed by atoms with Crippen molar-refractivity contribution in [1.29, 1.82) is 0 Å². The maximum absolute atomic E-state index is 12.8. The number of rotatable bonds is 1. The maximum Gasteiger partial charge on any atom is 0.331 e. The zero-order valence-electron chi connectivity index (χ0n) is 9.96.